The number of pyridine rings is 1. The monoisotopic (exact) mass is 163 g/mol. The fraction of sp³-hybridized carbons (Fsp3) is 0.222. The minimum absolute atomic E-state index is 0.0206. The third-order valence-electron chi connectivity index (χ3n) is 1.65. The lowest BCUT2D eigenvalue weighted by Crippen LogP contribution is -2.09. The minimum Gasteiger partial charge on any atom is -0.384 e. The Morgan fingerprint density at radius 3 is 3.00 bits per heavy atom. The summed E-state index contributed by atoms with van der Waals surface area (Å²) in [5.74, 6) is 0.506. The van der Waals surface area contributed by atoms with E-state index in [1.54, 1.807) is 18.3 Å². The summed E-state index contributed by atoms with van der Waals surface area (Å²) in [5.41, 5.74) is 12.3. The van der Waals surface area contributed by atoms with E-state index in [0.29, 0.717) is 5.82 Å². The van der Waals surface area contributed by atoms with Crippen LogP contribution in [0.1, 0.15) is 18.0 Å². The van der Waals surface area contributed by atoms with Crippen molar-refractivity contribution in [2.75, 3.05) is 5.73 Å². The largest absolute Gasteiger partial charge is 0.384 e. The number of nitrogens with zero attached hydrogens (tertiary/aromatic N) is 1. The standard InChI is InChI=1S/C9H13N3/c1-2-3-8(10)7-4-5-12-9(11)6-7/h2,4-6,8H,1,3,10H2,(H2,11,12)/t8-/m0/s1. The summed E-state index contributed by atoms with van der Waals surface area (Å²) in [6, 6.07) is 3.63. The fourth-order valence-corrected chi connectivity index (χ4v) is 1.01. The molecule has 0 unspecified atom stereocenters. The maximum atomic E-state index is 5.82. The molecule has 0 amide bonds. The van der Waals surface area contributed by atoms with Gasteiger partial charge in [-0.2, -0.15) is 0 Å². The number of hydrogen-bond acceptors (Lipinski definition) is 3. The van der Waals surface area contributed by atoms with Crippen LogP contribution in [0.4, 0.5) is 5.82 Å². The molecule has 3 nitrogen and oxygen atoms in total. The van der Waals surface area contributed by atoms with E-state index in [1.807, 2.05) is 6.07 Å². The van der Waals surface area contributed by atoms with Crippen LogP contribution in [0.5, 0.6) is 0 Å². The van der Waals surface area contributed by atoms with E-state index in [-0.39, 0.29) is 6.04 Å². The fourth-order valence-electron chi connectivity index (χ4n) is 1.01. The van der Waals surface area contributed by atoms with Crippen molar-refractivity contribution < 1.29 is 0 Å². The maximum absolute atomic E-state index is 5.82. The van der Waals surface area contributed by atoms with Crippen LogP contribution in [0.15, 0.2) is 31.0 Å². The van der Waals surface area contributed by atoms with Gasteiger partial charge in [-0.05, 0) is 24.1 Å². The summed E-state index contributed by atoms with van der Waals surface area (Å²) >= 11 is 0. The maximum Gasteiger partial charge on any atom is 0.123 e. The van der Waals surface area contributed by atoms with Gasteiger partial charge in [0, 0.05) is 12.2 Å². The van der Waals surface area contributed by atoms with Gasteiger partial charge in [0.05, 0.1) is 0 Å². The van der Waals surface area contributed by atoms with Crippen LogP contribution in [0.2, 0.25) is 0 Å². The van der Waals surface area contributed by atoms with Gasteiger partial charge in [0.1, 0.15) is 5.82 Å². The highest BCUT2D eigenvalue weighted by Gasteiger charge is 2.03. The lowest BCUT2D eigenvalue weighted by molar-refractivity contribution is 0.741. The second-order valence-corrected chi connectivity index (χ2v) is 2.64. The summed E-state index contributed by atoms with van der Waals surface area (Å²) in [7, 11) is 0. The summed E-state index contributed by atoms with van der Waals surface area (Å²) in [4.78, 5) is 3.88. The first-order valence-electron chi connectivity index (χ1n) is 3.82. The Labute approximate surface area is 72.1 Å². The average Bonchev–Trinajstić information content (AvgIpc) is 2.05. The van der Waals surface area contributed by atoms with Gasteiger partial charge in [-0.3, -0.25) is 0 Å². The Hall–Kier alpha value is -1.35. The van der Waals surface area contributed by atoms with Crippen LogP contribution in [-0.4, -0.2) is 4.98 Å². The quantitative estimate of drug-likeness (QED) is 0.659. The van der Waals surface area contributed by atoms with E-state index in [2.05, 4.69) is 11.6 Å². The van der Waals surface area contributed by atoms with Gasteiger partial charge in [0.15, 0.2) is 0 Å². The second kappa shape index (κ2) is 3.88. The van der Waals surface area contributed by atoms with Gasteiger partial charge < -0.3 is 11.5 Å². The van der Waals surface area contributed by atoms with Gasteiger partial charge in [0.25, 0.3) is 0 Å². The lowest BCUT2D eigenvalue weighted by atomic mass is 10.1. The zero-order valence-corrected chi connectivity index (χ0v) is 6.90. The molecule has 0 fully saturated rings. The van der Waals surface area contributed by atoms with Gasteiger partial charge in [-0.15, -0.1) is 6.58 Å². The summed E-state index contributed by atoms with van der Waals surface area (Å²) in [5, 5.41) is 0. The summed E-state index contributed by atoms with van der Waals surface area (Å²) < 4.78 is 0. The zero-order valence-electron chi connectivity index (χ0n) is 6.90. The molecular weight excluding hydrogens is 150 g/mol. The van der Waals surface area contributed by atoms with E-state index in [1.165, 1.54) is 0 Å². The number of hydrogen-bond donors (Lipinski definition) is 2. The topological polar surface area (TPSA) is 64.9 Å². The van der Waals surface area contributed by atoms with Crippen molar-refractivity contribution in [2.45, 2.75) is 12.5 Å². The minimum atomic E-state index is -0.0206. The predicted molar refractivity (Wildman–Crippen MR) is 50.4 cm³/mol. The normalized spacial score (nSPS) is 12.4. The Morgan fingerprint density at radius 1 is 1.67 bits per heavy atom. The summed E-state index contributed by atoms with van der Waals surface area (Å²) in [6.45, 7) is 3.62. The molecule has 1 rings (SSSR count). The van der Waals surface area contributed by atoms with Crippen LogP contribution in [0.25, 0.3) is 0 Å². The molecule has 1 heterocycles. The van der Waals surface area contributed by atoms with Crippen LogP contribution in [0.3, 0.4) is 0 Å². The van der Waals surface area contributed by atoms with Crippen molar-refractivity contribution in [1.82, 2.24) is 4.98 Å². The molecule has 0 radical (unpaired) electrons. The van der Waals surface area contributed by atoms with Crippen LogP contribution in [-0.2, 0) is 0 Å². The first kappa shape index (κ1) is 8.74. The van der Waals surface area contributed by atoms with Crippen molar-refractivity contribution in [3.8, 4) is 0 Å². The molecule has 0 bridgehead atoms. The molecule has 0 aromatic carbocycles. The number of nitrogen functional groups attached to an aromatic ring is 1. The SMILES string of the molecule is C=CC[C@H](N)c1ccnc(N)c1. The highest BCUT2D eigenvalue weighted by atomic mass is 14.8. The van der Waals surface area contributed by atoms with Gasteiger partial charge in [0.2, 0.25) is 0 Å². The summed E-state index contributed by atoms with van der Waals surface area (Å²) in [6.07, 6.45) is 4.21. The molecule has 0 saturated carbocycles. The molecule has 0 aliphatic carbocycles. The molecule has 1 atom stereocenters. The molecule has 0 aliphatic heterocycles. The molecule has 1 aromatic rings. The van der Waals surface area contributed by atoms with E-state index < -0.39 is 0 Å². The first-order chi connectivity index (χ1) is 5.74. The second-order valence-electron chi connectivity index (χ2n) is 2.64. The Bertz CT molecular complexity index is 270. The number of anilines is 1. The third-order valence-corrected chi connectivity index (χ3v) is 1.65. The van der Waals surface area contributed by atoms with Crippen LogP contribution < -0.4 is 11.5 Å². The van der Waals surface area contributed by atoms with E-state index in [9.17, 15) is 0 Å². The van der Waals surface area contributed by atoms with Crippen molar-refractivity contribution in [3.05, 3.63) is 36.5 Å². The van der Waals surface area contributed by atoms with Crippen molar-refractivity contribution >= 4 is 5.82 Å². The average molecular weight is 163 g/mol. The first-order valence-corrected chi connectivity index (χ1v) is 3.82. The van der Waals surface area contributed by atoms with E-state index >= 15 is 0 Å². The molecule has 0 aliphatic rings. The van der Waals surface area contributed by atoms with Gasteiger partial charge in [-0.25, -0.2) is 4.98 Å². The molecule has 64 valence electrons. The van der Waals surface area contributed by atoms with Gasteiger partial charge >= 0.3 is 0 Å². The lowest BCUT2D eigenvalue weighted by Gasteiger charge is -2.08. The van der Waals surface area contributed by atoms with Crippen molar-refractivity contribution in [1.29, 1.82) is 0 Å². The third kappa shape index (κ3) is 2.07. The number of aromatic nitrogens is 1. The van der Waals surface area contributed by atoms with Crippen molar-refractivity contribution in [3.63, 3.8) is 0 Å². The molecule has 0 spiro atoms. The van der Waals surface area contributed by atoms with Gasteiger partial charge in [-0.1, -0.05) is 6.08 Å². The van der Waals surface area contributed by atoms with Crippen LogP contribution >= 0.6 is 0 Å². The van der Waals surface area contributed by atoms with E-state index in [0.717, 1.165) is 12.0 Å². The molecular formula is C9H13N3. The Balaban J connectivity index is 2.80. The van der Waals surface area contributed by atoms with Crippen molar-refractivity contribution in [2.24, 2.45) is 5.73 Å². The smallest absolute Gasteiger partial charge is 0.123 e. The van der Waals surface area contributed by atoms with E-state index in [4.69, 9.17) is 11.5 Å². The molecule has 0 saturated heterocycles. The molecule has 12 heavy (non-hydrogen) atoms. The number of nitrogens with two attached hydrogens (primary N) is 2. The highest BCUT2D eigenvalue weighted by Crippen LogP contribution is 2.14. The predicted octanol–water partition coefficient (Wildman–Crippen LogP) is 1.24. The van der Waals surface area contributed by atoms with Crippen LogP contribution in [0, 0.1) is 0 Å². The highest BCUT2D eigenvalue weighted by molar-refractivity contribution is 5.33. The Kier molecular flexibility index (Phi) is 2.82. The Morgan fingerprint density at radius 2 is 2.42 bits per heavy atom. The molecule has 3 heteroatoms. The molecule has 1 aromatic heterocycles. The zero-order chi connectivity index (χ0) is 8.97. The number of rotatable bonds is 3. The molecule has 4 N–H and O–H groups in total.